The first-order chi connectivity index (χ1) is 7.54. The molecule has 1 heterocycles. The Morgan fingerprint density at radius 1 is 1.69 bits per heavy atom. The van der Waals surface area contributed by atoms with Crippen LogP contribution in [-0.4, -0.2) is 21.5 Å². The SMILES string of the molecule is CC(CCl)CSc1ncc([N+](=O)[O-])cc1Cl. The monoisotopic (exact) mass is 280 g/mol. The molecular weight excluding hydrogens is 271 g/mol. The number of hydrogen-bond acceptors (Lipinski definition) is 4. The Hall–Kier alpha value is -0.520. The van der Waals surface area contributed by atoms with E-state index in [0.29, 0.717) is 21.8 Å². The number of thioether (sulfide) groups is 1. The Kier molecular flexibility index (Phi) is 5.31. The number of halogens is 2. The van der Waals surface area contributed by atoms with E-state index < -0.39 is 4.92 Å². The molecule has 0 spiro atoms. The van der Waals surface area contributed by atoms with E-state index in [1.807, 2.05) is 6.92 Å². The molecule has 7 heteroatoms. The molecule has 1 aromatic rings. The van der Waals surface area contributed by atoms with Crippen molar-refractivity contribution in [2.75, 3.05) is 11.6 Å². The van der Waals surface area contributed by atoms with Gasteiger partial charge in [-0.3, -0.25) is 10.1 Å². The first-order valence-corrected chi connectivity index (χ1v) is 6.43. The van der Waals surface area contributed by atoms with E-state index in [-0.39, 0.29) is 5.69 Å². The average molecular weight is 281 g/mol. The Labute approximate surface area is 107 Å². The van der Waals surface area contributed by atoms with Gasteiger partial charge in [-0.1, -0.05) is 18.5 Å². The van der Waals surface area contributed by atoms with Gasteiger partial charge >= 0.3 is 0 Å². The van der Waals surface area contributed by atoms with Crippen molar-refractivity contribution in [1.29, 1.82) is 0 Å². The molecular formula is C9H10Cl2N2O2S. The van der Waals surface area contributed by atoms with Crippen LogP contribution < -0.4 is 0 Å². The highest BCUT2D eigenvalue weighted by atomic mass is 35.5. The largest absolute Gasteiger partial charge is 0.289 e. The summed E-state index contributed by atoms with van der Waals surface area (Å²) in [7, 11) is 0. The molecule has 4 nitrogen and oxygen atoms in total. The molecule has 88 valence electrons. The second-order valence-electron chi connectivity index (χ2n) is 3.31. The highest BCUT2D eigenvalue weighted by Gasteiger charge is 2.12. The lowest BCUT2D eigenvalue weighted by atomic mass is 10.3. The molecule has 1 rings (SSSR count). The number of alkyl halides is 1. The quantitative estimate of drug-likeness (QED) is 0.358. The molecule has 16 heavy (non-hydrogen) atoms. The number of hydrogen-bond donors (Lipinski definition) is 0. The van der Waals surface area contributed by atoms with Gasteiger partial charge in [-0.15, -0.1) is 23.4 Å². The number of nitrogens with zero attached hydrogens (tertiary/aromatic N) is 2. The smallest absolute Gasteiger partial charge is 0.258 e. The van der Waals surface area contributed by atoms with Crippen molar-refractivity contribution in [1.82, 2.24) is 4.98 Å². The summed E-state index contributed by atoms with van der Waals surface area (Å²) in [5.74, 6) is 1.70. The third-order valence-electron chi connectivity index (χ3n) is 1.77. The van der Waals surface area contributed by atoms with Crippen LogP contribution in [0, 0.1) is 16.0 Å². The highest BCUT2D eigenvalue weighted by Crippen LogP contribution is 2.29. The number of aromatic nitrogens is 1. The van der Waals surface area contributed by atoms with Gasteiger partial charge in [0.25, 0.3) is 5.69 Å². The van der Waals surface area contributed by atoms with E-state index in [4.69, 9.17) is 23.2 Å². The van der Waals surface area contributed by atoms with E-state index in [1.54, 1.807) is 0 Å². The number of nitro groups is 1. The van der Waals surface area contributed by atoms with E-state index >= 15 is 0 Å². The van der Waals surface area contributed by atoms with Crippen molar-refractivity contribution < 1.29 is 4.92 Å². The lowest BCUT2D eigenvalue weighted by molar-refractivity contribution is -0.385. The van der Waals surface area contributed by atoms with Gasteiger partial charge in [0.05, 0.1) is 9.95 Å². The van der Waals surface area contributed by atoms with Gasteiger partial charge in [0.1, 0.15) is 11.2 Å². The summed E-state index contributed by atoms with van der Waals surface area (Å²) in [5.41, 5.74) is -0.0975. The van der Waals surface area contributed by atoms with Gasteiger partial charge < -0.3 is 0 Å². The maximum absolute atomic E-state index is 10.5. The van der Waals surface area contributed by atoms with Crippen LogP contribution in [0.15, 0.2) is 17.3 Å². The summed E-state index contributed by atoms with van der Waals surface area (Å²) in [6.07, 6.45) is 1.21. The third-order valence-corrected chi connectivity index (χ3v) is 4.03. The zero-order valence-corrected chi connectivity index (χ0v) is 10.8. The molecule has 0 saturated heterocycles. The average Bonchev–Trinajstić information content (AvgIpc) is 2.26. The van der Waals surface area contributed by atoms with Crippen LogP contribution in [-0.2, 0) is 0 Å². The summed E-state index contributed by atoms with van der Waals surface area (Å²) >= 11 is 13.0. The van der Waals surface area contributed by atoms with Crippen LogP contribution in [0.2, 0.25) is 5.02 Å². The van der Waals surface area contributed by atoms with E-state index in [1.165, 1.54) is 24.0 Å². The standard InChI is InChI=1S/C9H10Cl2N2O2S/c1-6(3-10)5-16-9-8(11)2-7(4-12-9)13(14)15/h2,4,6H,3,5H2,1H3. The normalized spacial score (nSPS) is 12.4. The van der Waals surface area contributed by atoms with Gasteiger partial charge in [0, 0.05) is 17.7 Å². The summed E-state index contributed by atoms with van der Waals surface area (Å²) in [6, 6.07) is 1.31. The van der Waals surface area contributed by atoms with Crippen molar-refractivity contribution in [2.24, 2.45) is 5.92 Å². The Bertz CT molecular complexity index is 390. The van der Waals surface area contributed by atoms with Gasteiger partial charge in [0.2, 0.25) is 0 Å². The maximum Gasteiger partial charge on any atom is 0.289 e. The summed E-state index contributed by atoms with van der Waals surface area (Å²) in [6.45, 7) is 2.01. The summed E-state index contributed by atoms with van der Waals surface area (Å²) in [4.78, 5) is 13.9. The first-order valence-electron chi connectivity index (χ1n) is 4.53. The van der Waals surface area contributed by atoms with Crippen LogP contribution in [0.1, 0.15) is 6.92 Å². The molecule has 0 bridgehead atoms. The maximum atomic E-state index is 10.5. The van der Waals surface area contributed by atoms with Gasteiger partial charge in [-0.25, -0.2) is 4.98 Å². The molecule has 1 aromatic heterocycles. The van der Waals surface area contributed by atoms with Crippen LogP contribution in [0.25, 0.3) is 0 Å². The summed E-state index contributed by atoms with van der Waals surface area (Å²) in [5, 5.41) is 11.4. The van der Waals surface area contributed by atoms with Crippen LogP contribution in [0.4, 0.5) is 5.69 Å². The fraction of sp³-hybridized carbons (Fsp3) is 0.444. The molecule has 0 aromatic carbocycles. The third kappa shape index (κ3) is 3.81. The van der Waals surface area contributed by atoms with Gasteiger partial charge in [-0.05, 0) is 5.92 Å². The minimum Gasteiger partial charge on any atom is -0.258 e. The fourth-order valence-corrected chi connectivity index (χ4v) is 2.33. The van der Waals surface area contributed by atoms with Gasteiger partial charge in [-0.2, -0.15) is 0 Å². The fourth-order valence-electron chi connectivity index (χ4n) is 0.887. The van der Waals surface area contributed by atoms with Crippen LogP contribution in [0.5, 0.6) is 0 Å². The van der Waals surface area contributed by atoms with Crippen molar-refractivity contribution in [2.45, 2.75) is 11.9 Å². The zero-order chi connectivity index (χ0) is 12.1. The lowest BCUT2D eigenvalue weighted by Crippen LogP contribution is -2.00. The van der Waals surface area contributed by atoms with Crippen LogP contribution >= 0.6 is 35.0 Å². The Morgan fingerprint density at radius 3 is 2.88 bits per heavy atom. The molecule has 1 unspecified atom stereocenters. The molecule has 0 aliphatic carbocycles. The molecule has 0 N–H and O–H groups in total. The Balaban J connectivity index is 2.72. The van der Waals surface area contributed by atoms with Crippen molar-refractivity contribution in [3.05, 3.63) is 27.4 Å². The highest BCUT2D eigenvalue weighted by molar-refractivity contribution is 7.99. The summed E-state index contributed by atoms with van der Waals surface area (Å²) < 4.78 is 0. The van der Waals surface area contributed by atoms with E-state index in [9.17, 15) is 10.1 Å². The van der Waals surface area contributed by atoms with E-state index in [2.05, 4.69) is 4.98 Å². The predicted molar refractivity (Wildman–Crippen MR) is 66.5 cm³/mol. The van der Waals surface area contributed by atoms with Gasteiger partial charge in [0.15, 0.2) is 0 Å². The lowest BCUT2D eigenvalue weighted by Gasteiger charge is -2.06. The van der Waals surface area contributed by atoms with Crippen molar-refractivity contribution in [3.8, 4) is 0 Å². The van der Waals surface area contributed by atoms with Crippen molar-refractivity contribution in [3.63, 3.8) is 0 Å². The molecule has 0 fully saturated rings. The van der Waals surface area contributed by atoms with Crippen molar-refractivity contribution >= 4 is 40.7 Å². The second-order valence-corrected chi connectivity index (χ2v) is 5.03. The second kappa shape index (κ2) is 6.27. The molecule has 0 aliphatic rings. The predicted octanol–water partition coefficient (Wildman–Crippen LogP) is 3.61. The minimum absolute atomic E-state index is 0.0975. The molecule has 0 saturated carbocycles. The number of rotatable bonds is 5. The topological polar surface area (TPSA) is 56.0 Å². The molecule has 0 amide bonds. The Morgan fingerprint density at radius 2 is 2.38 bits per heavy atom. The first kappa shape index (κ1) is 13.5. The molecule has 0 aliphatic heterocycles. The zero-order valence-electron chi connectivity index (χ0n) is 8.52. The van der Waals surface area contributed by atoms with Crippen LogP contribution in [0.3, 0.4) is 0 Å². The molecule has 0 radical (unpaired) electrons. The molecule has 1 atom stereocenters. The van der Waals surface area contributed by atoms with E-state index in [0.717, 1.165) is 5.75 Å². The number of pyridine rings is 1. The minimum atomic E-state index is -0.519.